The van der Waals surface area contributed by atoms with Crippen LogP contribution in [0.3, 0.4) is 0 Å². The first-order valence-electron chi connectivity index (χ1n) is 6.36. The lowest BCUT2D eigenvalue weighted by Crippen LogP contribution is -1.91. The van der Waals surface area contributed by atoms with Gasteiger partial charge in [-0.15, -0.1) is 0 Å². The highest BCUT2D eigenvalue weighted by Crippen LogP contribution is 2.24. The van der Waals surface area contributed by atoms with Gasteiger partial charge in [-0.2, -0.15) is 4.98 Å². The molecule has 0 fully saturated rings. The van der Waals surface area contributed by atoms with E-state index < -0.39 is 11.6 Å². The first kappa shape index (κ1) is 14.4. The van der Waals surface area contributed by atoms with E-state index in [-0.39, 0.29) is 17.3 Å². The summed E-state index contributed by atoms with van der Waals surface area (Å²) in [6.45, 7) is 0. The fourth-order valence-electron chi connectivity index (χ4n) is 1.89. The van der Waals surface area contributed by atoms with Gasteiger partial charge in [0.05, 0.1) is 5.56 Å². The van der Waals surface area contributed by atoms with Crippen molar-refractivity contribution in [1.29, 1.82) is 0 Å². The molecule has 3 rings (SSSR count). The number of nitrogens with zero attached hydrogens (tertiary/aromatic N) is 2. The fraction of sp³-hybridized carbons (Fsp3) is 0. The van der Waals surface area contributed by atoms with Crippen molar-refractivity contribution in [3.8, 4) is 11.4 Å². The quantitative estimate of drug-likeness (QED) is 0.693. The molecule has 1 heterocycles. The van der Waals surface area contributed by atoms with E-state index in [1.807, 2.05) is 18.2 Å². The first-order chi connectivity index (χ1) is 10.6. The van der Waals surface area contributed by atoms with Gasteiger partial charge in [0.1, 0.15) is 11.6 Å². The molecule has 0 unspecified atom stereocenters. The lowest BCUT2D eigenvalue weighted by Gasteiger charge is -1.97. The number of benzene rings is 2. The van der Waals surface area contributed by atoms with Gasteiger partial charge in [0, 0.05) is 11.1 Å². The maximum absolute atomic E-state index is 13.7. The maximum atomic E-state index is 13.7. The highest BCUT2D eigenvalue weighted by Gasteiger charge is 2.16. The molecule has 0 aliphatic carbocycles. The van der Waals surface area contributed by atoms with Gasteiger partial charge in [-0.25, -0.2) is 8.78 Å². The highest BCUT2D eigenvalue weighted by molar-refractivity contribution is 6.32. The molecule has 0 radical (unpaired) electrons. The van der Waals surface area contributed by atoms with E-state index in [9.17, 15) is 8.78 Å². The minimum Gasteiger partial charge on any atom is -0.334 e. The Balaban J connectivity index is 1.90. The summed E-state index contributed by atoms with van der Waals surface area (Å²) in [4.78, 5) is 3.96. The Kier molecular flexibility index (Phi) is 3.98. The third kappa shape index (κ3) is 2.89. The molecule has 0 N–H and O–H groups in total. The van der Waals surface area contributed by atoms with Crippen LogP contribution in [0.25, 0.3) is 23.5 Å². The van der Waals surface area contributed by atoms with E-state index in [1.54, 1.807) is 12.1 Å². The number of aromatic nitrogens is 2. The van der Waals surface area contributed by atoms with Gasteiger partial charge in [0.2, 0.25) is 5.82 Å². The van der Waals surface area contributed by atoms with Crippen LogP contribution in [0.1, 0.15) is 11.5 Å². The summed E-state index contributed by atoms with van der Waals surface area (Å²) in [7, 11) is 0. The van der Waals surface area contributed by atoms with Crippen molar-refractivity contribution >= 4 is 23.8 Å². The molecule has 0 saturated carbocycles. The third-order valence-corrected chi connectivity index (χ3v) is 3.28. The third-order valence-electron chi connectivity index (χ3n) is 2.94. The second-order valence-corrected chi connectivity index (χ2v) is 4.81. The van der Waals surface area contributed by atoms with Gasteiger partial charge in [-0.3, -0.25) is 0 Å². The molecule has 2 aromatic carbocycles. The molecule has 6 heteroatoms. The van der Waals surface area contributed by atoms with Gasteiger partial charge in [-0.05, 0) is 29.8 Å². The Bertz CT molecular complexity index is 825. The minimum absolute atomic E-state index is 0.123. The molecule has 0 aliphatic rings. The van der Waals surface area contributed by atoms with Crippen molar-refractivity contribution in [2.75, 3.05) is 0 Å². The average Bonchev–Trinajstić information content (AvgIpc) is 2.95. The molecule has 110 valence electrons. The van der Waals surface area contributed by atoms with E-state index >= 15 is 0 Å². The number of rotatable bonds is 3. The molecule has 0 amide bonds. The van der Waals surface area contributed by atoms with Crippen molar-refractivity contribution in [3.05, 3.63) is 70.6 Å². The summed E-state index contributed by atoms with van der Waals surface area (Å²) in [5, 5.41) is 4.16. The molecule has 1 aromatic heterocycles. The Morgan fingerprint density at radius 1 is 0.955 bits per heavy atom. The van der Waals surface area contributed by atoms with Crippen LogP contribution in [0.5, 0.6) is 0 Å². The van der Waals surface area contributed by atoms with Gasteiger partial charge < -0.3 is 4.52 Å². The summed E-state index contributed by atoms with van der Waals surface area (Å²) in [5.74, 6) is -1.52. The van der Waals surface area contributed by atoms with E-state index in [0.717, 1.165) is 17.7 Å². The average molecular weight is 319 g/mol. The lowest BCUT2D eigenvalue weighted by atomic mass is 10.2. The van der Waals surface area contributed by atoms with Crippen molar-refractivity contribution in [1.82, 2.24) is 10.1 Å². The lowest BCUT2D eigenvalue weighted by molar-refractivity contribution is 0.410. The number of halogens is 3. The van der Waals surface area contributed by atoms with Gasteiger partial charge in [0.15, 0.2) is 0 Å². The van der Waals surface area contributed by atoms with Crippen LogP contribution in [0.4, 0.5) is 8.78 Å². The van der Waals surface area contributed by atoms with E-state index in [2.05, 4.69) is 10.1 Å². The number of hydrogen-bond donors (Lipinski definition) is 0. The normalized spacial score (nSPS) is 11.2. The predicted octanol–water partition coefficient (Wildman–Crippen LogP) is 4.84. The van der Waals surface area contributed by atoms with Crippen molar-refractivity contribution in [3.63, 3.8) is 0 Å². The summed E-state index contributed by atoms with van der Waals surface area (Å²) >= 11 is 6.02. The molecular formula is C16H9ClF2N2O. The Morgan fingerprint density at radius 3 is 2.41 bits per heavy atom. The molecule has 22 heavy (non-hydrogen) atoms. The largest absolute Gasteiger partial charge is 0.334 e. The van der Waals surface area contributed by atoms with Crippen LogP contribution in [0.2, 0.25) is 5.02 Å². The molecule has 3 nitrogen and oxygen atoms in total. The second kappa shape index (κ2) is 6.07. The smallest absolute Gasteiger partial charge is 0.250 e. The molecule has 0 saturated heterocycles. The first-order valence-corrected chi connectivity index (χ1v) is 6.73. The minimum atomic E-state index is -0.748. The Labute approximate surface area is 129 Å². The maximum Gasteiger partial charge on any atom is 0.250 e. The van der Waals surface area contributed by atoms with Crippen LogP contribution in [-0.2, 0) is 0 Å². The SMILES string of the molecule is Fc1cccc(F)c1-c1noc(C=Cc2ccccc2Cl)n1. The molecule has 0 atom stereocenters. The van der Waals surface area contributed by atoms with Crippen LogP contribution in [0.15, 0.2) is 47.0 Å². The fourth-order valence-corrected chi connectivity index (χ4v) is 2.09. The van der Waals surface area contributed by atoms with E-state index in [1.165, 1.54) is 12.1 Å². The number of hydrogen-bond acceptors (Lipinski definition) is 3. The zero-order valence-electron chi connectivity index (χ0n) is 11.1. The standard InChI is InChI=1S/C16H9ClF2N2O/c17-11-5-2-1-4-10(11)8-9-14-20-16(21-22-14)15-12(18)6-3-7-13(15)19/h1-9H. The van der Waals surface area contributed by atoms with Crippen molar-refractivity contribution in [2.24, 2.45) is 0 Å². The van der Waals surface area contributed by atoms with Gasteiger partial charge in [0.25, 0.3) is 5.89 Å². The van der Waals surface area contributed by atoms with Crippen molar-refractivity contribution in [2.45, 2.75) is 0 Å². The summed E-state index contributed by atoms with van der Waals surface area (Å²) in [5.41, 5.74) is 0.449. The van der Waals surface area contributed by atoms with Gasteiger partial charge in [-0.1, -0.05) is 41.0 Å². The van der Waals surface area contributed by atoms with E-state index in [0.29, 0.717) is 5.02 Å². The monoisotopic (exact) mass is 318 g/mol. The molecule has 3 aromatic rings. The Morgan fingerprint density at radius 2 is 1.68 bits per heavy atom. The molecule has 0 spiro atoms. The van der Waals surface area contributed by atoms with Crippen LogP contribution >= 0.6 is 11.6 Å². The zero-order chi connectivity index (χ0) is 15.5. The summed E-state index contributed by atoms with van der Waals surface area (Å²) in [6.07, 6.45) is 3.20. The van der Waals surface area contributed by atoms with Crippen molar-refractivity contribution < 1.29 is 13.3 Å². The zero-order valence-corrected chi connectivity index (χ0v) is 11.9. The van der Waals surface area contributed by atoms with Crippen LogP contribution < -0.4 is 0 Å². The predicted molar refractivity (Wildman–Crippen MR) is 80.0 cm³/mol. The highest BCUT2D eigenvalue weighted by atomic mass is 35.5. The molecule has 0 aliphatic heterocycles. The van der Waals surface area contributed by atoms with Crippen LogP contribution in [-0.4, -0.2) is 10.1 Å². The van der Waals surface area contributed by atoms with Gasteiger partial charge >= 0.3 is 0 Å². The second-order valence-electron chi connectivity index (χ2n) is 4.41. The van der Waals surface area contributed by atoms with Crippen LogP contribution in [0, 0.1) is 11.6 Å². The van der Waals surface area contributed by atoms with E-state index in [4.69, 9.17) is 16.1 Å². The Hall–Kier alpha value is -2.53. The summed E-state index contributed by atoms with van der Waals surface area (Å²) < 4.78 is 32.3. The molecule has 0 bridgehead atoms. The topological polar surface area (TPSA) is 38.9 Å². The summed E-state index contributed by atoms with van der Waals surface area (Å²) in [6, 6.07) is 10.7. The molecular weight excluding hydrogens is 310 g/mol.